The Balaban J connectivity index is 2.02. The quantitative estimate of drug-likeness (QED) is 0.491. The number of carbonyl (C=O) groups excluding carboxylic acids is 3. The van der Waals surface area contributed by atoms with Gasteiger partial charge in [0.1, 0.15) is 18.7 Å². The van der Waals surface area contributed by atoms with Crippen LogP contribution in [0, 0.1) is 0 Å². The molecule has 2 atom stereocenters. The molecule has 0 fully saturated rings. The summed E-state index contributed by atoms with van der Waals surface area (Å²) in [4.78, 5) is 48.0. The van der Waals surface area contributed by atoms with Gasteiger partial charge in [0, 0.05) is 6.42 Å². The van der Waals surface area contributed by atoms with Crippen molar-refractivity contribution in [2.75, 3.05) is 7.11 Å². The first kappa shape index (κ1) is 23.4. The summed E-state index contributed by atoms with van der Waals surface area (Å²) in [5.74, 6) is -2.84. The van der Waals surface area contributed by atoms with Crippen LogP contribution in [-0.4, -0.2) is 48.2 Å². The Morgan fingerprint density at radius 2 is 1.45 bits per heavy atom. The van der Waals surface area contributed by atoms with Gasteiger partial charge >= 0.3 is 18.0 Å². The number of esters is 1. The Hall–Kier alpha value is -3.88. The number of hydrogen-bond donors (Lipinski definition) is 3. The standard InChI is InChI=1S/C22H24N2O7/c1-30-21(28)18(12-15-8-4-2-5-9-15)23-20(27)17(13-19(25)26)24-22(29)31-14-16-10-6-3-7-11-16/h2-11,17-18H,12-14H2,1H3,(H,23,27)(H,24,29)(H,25,26)/t17-,18+/m0/s1. The second-order valence-electron chi connectivity index (χ2n) is 6.63. The first-order valence-electron chi connectivity index (χ1n) is 9.50. The van der Waals surface area contributed by atoms with Crippen molar-refractivity contribution in [3.05, 3.63) is 71.8 Å². The average molecular weight is 428 g/mol. The molecule has 0 unspecified atom stereocenters. The van der Waals surface area contributed by atoms with Gasteiger partial charge in [0.2, 0.25) is 5.91 Å². The molecule has 0 aliphatic heterocycles. The molecule has 31 heavy (non-hydrogen) atoms. The maximum atomic E-state index is 12.7. The minimum atomic E-state index is -1.44. The zero-order chi connectivity index (χ0) is 22.6. The van der Waals surface area contributed by atoms with Gasteiger partial charge < -0.3 is 25.2 Å². The number of methoxy groups -OCH3 is 1. The van der Waals surface area contributed by atoms with Crippen LogP contribution in [0.3, 0.4) is 0 Å². The van der Waals surface area contributed by atoms with Gasteiger partial charge in [-0.15, -0.1) is 0 Å². The lowest BCUT2D eigenvalue weighted by Crippen LogP contribution is -2.53. The lowest BCUT2D eigenvalue weighted by molar-refractivity contribution is -0.145. The highest BCUT2D eigenvalue weighted by Gasteiger charge is 2.29. The summed E-state index contributed by atoms with van der Waals surface area (Å²) in [6, 6.07) is 15.3. The van der Waals surface area contributed by atoms with E-state index in [0.717, 1.165) is 11.1 Å². The first-order valence-corrected chi connectivity index (χ1v) is 9.50. The highest BCUT2D eigenvalue weighted by molar-refractivity contribution is 5.92. The number of benzene rings is 2. The molecule has 2 aromatic carbocycles. The molecule has 2 rings (SSSR count). The molecule has 0 spiro atoms. The summed E-state index contributed by atoms with van der Waals surface area (Å²) in [6.45, 7) is -0.0487. The minimum Gasteiger partial charge on any atom is -0.481 e. The molecule has 164 valence electrons. The zero-order valence-electron chi connectivity index (χ0n) is 16.9. The molecule has 0 saturated heterocycles. The summed E-state index contributed by atoms with van der Waals surface area (Å²) < 4.78 is 9.78. The minimum absolute atomic E-state index is 0.0487. The average Bonchev–Trinajstić information content (AvgIpc) is 2.77. The van der Waals surface area contributed by atoms with E-state index in [9.17, 15) is 19.2 Å². The van der Waals surface area contributed by atoms with Crippen LogP contribution in [0.1, 0.15) is 17.5 Å². The van der Waals surface area contributed by atoms with Crippen LogP contribution >= 0.6 is 0 Å². The van der Waals surface area contributed by atoms with Crippen molar-refractivity contribution in [3.63, 3.8) is 0 Å². The lowest BCUT2D eigenvalue weighted by Gasteiger charge is -2.21. The Labute approximate surface area is 179 Å². The number of alkyl carbamates (subject to hydrolysis) is 1. The number of aliphatic carboxylic acids is 1. The third-order valence-electron chi connectivity index (χ3n) is 4.28. The number of carbonyl (C=O) groups is 4. The van der Waals surface area contributed by atoms with E-state index in [1.807, 2.05) is 12.1 Å². The molecule has 3 N–H and O–H groups in total. The van der Waals surface area contributed by atoms with E-state index in [1.165, 1.54) is 7.11 Å². The van der Waals surface area contributed by atoms with Gasteiger partial charge in [0.05, 0.1) is 13.5 Å². The molecule has 0 saturated carbocycles. The fraction of sp³-hybridized carbons (Fsp3) is 0.273. The lowest BCUT2D eigenvalue weighted by atomic mass is 10.1. The molecule has 0 aliphatic carbocycles. The number of hydrogen-bond acceptors (Lipinski definition) is 6. The summed E-state index contributed by atoms with van der Waals surface area (Å²) >= 11 is 0. The van der Waals surface area contributed by atoms with Crippen molar-refractivity contribution in [1.82, 2.24) is 10.6 Å². The van der Waals surface area contributed by atoms with E-state index < -0.39 is 42.4 Å². The van der Waals surface area contributed by atoms with Crippen molar-refractivity contribution >= 4 is 23.9 Å². The molecule has 0 radical (unpaired) electrons. The molecule has 9 heteroatoms. The number of carboxylic acid groups (broad SMARTS) is 1. The van der Waals surface area contributed by atoms with E-state index in [2.05, 4.69) is 10.6 Å². The van der Waals surface area contributed by atoms with E-state index in [0.29, 0.717) is 0 Å². The normalized spacial score (nSPS) is 12.2. The van der Waals surface area contributed by atoms with Crippen LogP contribution in [-0.2, 0) is 36.9 Å². The van der Waals surface area contributed by atoms with Gasteiger partial charge in [-0.2, -0.15) is 0 Å². The van der Waals surface area contributed by atoms with Crippen LogP contribution in [0.2, 0.25) is 0 Å². The molecule has 9 nitrogen and oxygen atoms in total. The highest BCUT2D eigenvalue weighted by atomic mass is 16.5. The van der Waals surface area contributed by atoms with Gasteiger partial charge in [-0.25, -0.2) is 9.59 Å². The number of nitrogens with one attached hydrogen (secondary N) is 2. The Kier molecular flexibility index (Phi) is 9.03. The van der Waals surface area contributed by atoms with Crippen LogP contribution < -0.4 is 10.6 Å². The first-order chi connectivity index (χ1) is 14.9. The fourth-order valence-electron chi connectivity index (χ4n) is 2.75. The zero-order valence-corrected chi connectivity index (χ0v) is 16.9. The summed E-state index contributed by atoms with van der Waals surface area (Å²) in [7, 11) is 1.18. The molecule has 0 aliphatic rings. The molecule has 2 amide bonds. The third kappa shape index (κ3) is 8.17. The molecule has 0 bridgehead atoms. The van der Waals surface area contributed by atoms with E-state index >= 15 is 0 Å². The fourth-order valence-corrected chi connectivity index (χ4v) is 2.75. The maximum Gasteiger partial charge on any atom is 0.408 e. The van der Waals surface area contributed by atoms with Gasteiger partial charge in [0.25, 0.3) is 0 Å². The second kappa shape index (κ2) is 12.0. The molecule has 0 heterocycles. The molecule has 2 aromatic rings. The predicted octanol–water partition coefficient (Wildman–Crippen LogP) is 1.66. The monoisotopic (exact) mass is 428 g/mol. The molecular weight excluding hydrogens is 404 g/mol. The largest absolute Gasteiger partial charge is 0.481 e. The Morgan fingerprint density at radius 3 is 2.00 bits per heavy atom. The van der Waals surface area contributed by atoms with Gasteiger partial charge in [-0.1, -0.05) is 60.7 Å². The van der Waals surface area contributed by atoms with Gasteiger partial charge in [0.15, 0.2) is 0 Å². The van der Waals surface area contributed by atoms with E-state index in [-0.39, 0.29) is 13.0 Å². The SMILES string of the molecule is COC(=O)[C@@H](Cc1ccccc1)NC(=O)[C@H](CC(=O)O)NC(=O)OCc1ccccc1. The Bertz CT molecular complexity index is 887. The number of amides is 2. The van der Waals surface area contributed by atoms with Crippen molar-refractivity contribution in [2.24, 2.45) is 0 Å². The second-order valence-corrected chi connectivity index (χ2v) is 6.63. The third-order valence-corrected chi connectivity index (χ3v) is 4.28. The van der Waals surface area contributed by atoms with Crippen molar-refractivity contribution in [1.29, 1.82) is 0 Å². The van der Waals surface area contributed by atoms with E-state index in [1.54, 1.807) is 48.5 Å². The van der Waals surface area contributed by atoms with Crippen LogP contribution in [0.4, 0.5) is 4.79 Å². The number of rotatable bonds is 10. The Morgan fingerprint density at radius 1 is 0.871 bits per heavy atom. The topological polar surface area (TPSA) is 131 Å². The summed E-state index contributed by atoms with van der Waals surface area (Å²) in [5, 5.41) is 13.8. The number of carboxylic acids is 1. The van der Waals surface area contributed by atoms with Crippen LogP contribution in [0.25, 0.3) is 0 Å². The van der Waals surface area contributed by atoms with Crippen LogP contribution in [0.5, 0.6) is 0 Å². The van der Waals surface area contributed by atoms with Gasteiger partial charge in [-0.05, 0) is 11.1 Å². The smallest absolute Gasteiger partial charge is 0.408 e. The maximum absolute atomic E-state index is 12.7. The van der Waals surface area contributed by atoms with Crippen molar-refractivity contribution < 1.29 is 33.8 Å². The predicted molar refractivity (Wildman–Crippen MR) is 110 cm³/mol. The molecular formula is C22H24N2O7. The highest BCUT2D eigenvalue weighted by Crippen LogP contribution is 2.06. The van der Waals surface area contributed by atoms with Crippen LogP contribution in [0.15, 0.2) is 60.7 Å². The summed E-state index contributed by atoms with van der Waals surface area (Å²) in [6.07, 6.45) is -1.51. The summed E-state index contributed by atoms with van der Waals surface area (Å²) in [5.41, 5.74) is 1.49. The van der Waals surface area contributed by atoms with E-state index in [4.69, 9.17) is 14.6 Å². The van der Waals surface area contributed by atoms with Crippen molar-refractivity contribution in [3.8, 4) is 0 Å². The number of ether oxygens (including phenoxy) is 2. The van der Waals surface area contributed by atoms with Gasteiger partial charge in [-0.3, -0.25) is 9.59 Å². The molecule has 0 aromatic heterocycles. The van der Waals surface area contributed by atoms with Crippen molar-refractivity contribution in [2.45, 2.75) is 31.5 Å².